The van der Waals surface area contributed by atoms with Crippen molar-refractivity contribution in [2.75, 3.05) is 6.61 Å². The quantitative estimate of drug-likeness (QED) is 0.863. The van der Waals surface area contributed by atoms with Crippen molar-refractivity contribution in [2.45, 2.75) is 19.9 Å². The highest BCUT2D eigenvalue weighted by atomic mass is 79.9. The first-order valence-electron chi connectivity index (χ1n) is 5.28. The standard InChI is InChI=1S/C12H13BrFNO2/c1-12(2)6-17-11(16)15-10(12)8-4-3-7(14)5-9(8)13/h3-5,10H,6H2,1-2H3,(H,15,16)/t10-/m0/s1. The summed E-state index contributed by atoms with van der Waals surface area (Å²) in [5.74, 6) is -0.309. The van der Waals surface area contributed by atoms with Gasteiger partial charge in [-0.2, -0.15) is 0 Å². The number of rotatable bonds is 1. The van der Waals surface area contributed by atoms with Gasteiger partial charge in [0.2, 0.25) is 0 Å². The summed E-state index contributed by atoms with van der Waals surface area (Å²) in [6, 6.07) is 4.26. The first-order chi connectivity index (χ1) is 7.90. The predicted molar refractivity (Wildman–Crippen MR) is 65.1 cm³/mol. The molecule has 1 amide bonds. The highest BCUT2D eigenvalue weighted by Gasteiger charge is 2.38. The van der Waals surface area contributed by atoms with Crippen LogP contribution in [0.5, 0.6) is 0 Å². The SMILES string of the molecule is CC1(C)COC(=O)N[C@H]1c1ccc(F)cc1Br. The van der Waals surface area contributed by atoms with Gasteiger partial charge >= 0.3 is 6.09 Å². The van der Waals surface area contributed by atoms with Crippen molar-refractivity contribution in [2.24, 2.45) is 5.41 Å². The zero-order valence-corrected chi connectivity index (χ0v) is 11.2. The number of alkyl carbamates (subject to hydrolysis) is 1. The van der Waals surface area contributed by atoms with E-state index in [4.69, 9.17) is 4.74 Å². The van der Waals surface area contributed by atoms with Crippen LogP contribution in [-0.4, -0.2) is 12.7 Å². The highest BCUT2D eigenvalue weighted by molar-refractivity contribution is 9.10. The Balaban J connectivity index is 2.39. The topological polar surface area (TPSA) is 38.3 Å². The van der Waals surface area contributed by atoms with Gasteiger partial charge in [-0.15, -0.1) is 0 Å². The lowest BCUT2D eigenvalue weighted by Crippen LogP contribution is -2.47. The largest absolute Gasteiger partial charge is 0.449 e. The van der Waals surface area contributed by atoms with E-state index in [1.165, 1.54) is 12.1 Å². The molecule has 5 heteroatoms. The molecule has 0 spiro atoms. The maximum atomic E-state index is 13.0. The third kappa shape index (κ3) is 2.44. The fourth-order valence-corrected chi connectivity index (χ4v) is 2.50. The summed E-state index contributed by atoms with van der Waals surface area (Å²) in [7, 11) is 0. The summed E-state index contributed by atoms with van der Waals surface area (Å²) in [5.41, 5.74) is 0.613. The molecule has 1 N–H and O–H groups in total. The van der Waals surface area contributed by atoms with Crippen LogP contribution in [0.2, 0.25) is 0 Å². The average Bonchev–Trinajstić information content (AvgIpc) is 2.23. The molecule has 1 saturated heterocycles. The summed E-state index contributed by atoms with van der Waals surface area (Å²) in [5, 5.41) is 2.77. The van der Waals surface area contributed by atoms with E-state index in [1.54, 1.807) is 6.07 Å². The van der Waals surface area contributed by atoms with Gasteiger partial charge in [0.15, 0.2) is 0 Å². The summed E-state index contributed by atoms with van der Waals surface area (Å²) >= 11 is 3.32. The molecule has 0 saturated carbocycles. The Morgan fingerprint density at radius 1 is 1.53 bits per heavy atom. The molecule has 0 unspecified atom stereocenters. The molecular formula is C12H13BrFNO2. The number of benzene rings is 1. The Hall–Kier alpha value is -1.10. The summed E-state index contributed by atoms with van der Waals surface area (Å²) in [6.07, 6.45) is -0.439. The zero-order chi connectivity index (χ0) is 12.6. The van der Waals surface area contributed by atoms with Gasteiger partial charge in [-0.25, -0.2) is 9.18 Å². The van der Waals surface area contributed by atoms with E-state index in [9.17, 15) is 9.18 Å². The van der Waals surface area contributed by atoms with Gasteiger partial charge in [-0.05, 0) is 17.7 Å². The Labute approximate surface area is 107 Å². The third-order valence-electron chi connectivity index (χ3n) is 2.89. The van der Waals surface area contributed by atoms with Gasteiger partial charge in [0.05, 0.1) is 6.04 Å². The summed E-state index contributed by atoms with van der Waals surface area (Å²) in [4.78, 5) is 11.3. The molecule has 2 rings (SSSR count). The Morgan fingerprint density at radius 2 is 2.24 bits per heavy atom. The molecule has 0 radical (unpaired) electrons. The maximum absolute atomic E-state index is 13.0. The number of amides is 1. The number of ether oxygens (including phenoxy) is 1. The van der Waals surface area contributed by atoms with Crippen molar-refractivity contribution in [3.63, 3.8) is 0 Å². The molecule has 0 bridgehead atoms. The molecule has 1 fully saturated rings. The van der Waals surface area contributed by atoms with Crippen LogP contribution in [0.25, 0.3) is 0 Å². The Kier molecular flexibility index (Phi) is 3.12. The number of halogens is 2. The maximum Gasteiger partial charge on any atom is 0.407 e. The van der Waals surface area contributed by atoms with Gasteiger partial charge in [-0.1, -0.05) is 35.8 Å². The van der Waals surface area contributed by atoms with Crippen molar-refractivity contribution in [3.8, 4) is 0 Å². The number of carbonyl (C=O) groups excluding carboxylic acids is 1. The number of carbonyl (C=O) groups is 1. The molecule has 1 atom stereocenters. The van der Waals surface area contributed by atoms with Gasteiger partial charge in [-0.3, -0.25) is 0 Å². The lowest BCUT2D eigenvalue weighted by Gasteiger charge is -2.38. The van der Waals surface area contributed by atoms with Crippen LogP contribution in [0.15, 0.2) is 22.7 Å². The Morgan fingerprint density at radius 3 is 2.88 bits per heavy atom. The normalized spacial score (nSPS) is 22.8. The third-order valence-corrected chi connectivity index (χ3v) is 3.58. The van der Waals surface area contributed by atoms with Crippen molar-refractivity contribution < 1.29 is 13.9 Å². The second-order valence-electron chi connectivity index (χ2n) is 4.81. The smallest absolute Gasteiger partial charge is 0.407 e. The minimum absolute atomic E-state index is 0.196. The second kappa shape index (κ2) is 4.29. The van der Waals surface area contributed by atoms with E-state index >= 15 is 0 Å². The second-order valence-corrected chi connectivity index (χ2v) is 5.66. The number of hydrogen-bond donors (Lipinski definition) is 1. The van der Waals surface area contributed by atoms with Crippen LogP contribution >= 0.6 is 15.9 Å². The van der Waals surface area contributed by atoms with E-state index in [0.29, 0.717) is 11.1 Å². The highest BCUT2D eigenvalue weighted by Crippen LogP contribution is 2.39. The van der Waals surface area contributed by atoms with E-state index in [2.05, 4.69) is 21.2 Å². The lowest BCUT2D eigenvalue weighted by molar-refractivity contribution is 0.0385. The first kappa shape index (κ1) is 12.4. The van der Waals surface area contributed by atoms with Crippen LogP contribution in [0, 0.1) is 11.2 Å². The van der Waals surface area contributed by atoms with Crippen LogP contribution in [-0.2, 0) is 4.74 Å². The van der Waals surface area contributed by atoms with Gasteiger partial charge in [0, 0.05) is 9.89 Å². The van der Waals surface area contributed by atoms with Gasteiger partial charge in [0.25, 0.3) is 0 Å². The minimum Gasteiger partial charge on any atom is -0.449 e. The molecule has 1 aliphatic heterocycles. The lowest BCUT2D eigenvalue weighted by atomic mass is 9.80. The zero-order valence-electron chi connectivity index (χ0n) is 9.59. The molecule has 3 nitrogen and oxygen atoms in total. The van der Waals surface area contributed by atoms with Crippen LogP contribution < -0.4 is 5.32 Å². The van der Waals surface area contributed by atoms with Gasteiger partial charge < -0.3 is 10.1 Å². The van der Waals surface area contributed by atoms with Crippen molar-refractivity contribution >= 4 is 22.0 Å². The average molecular weight is 302 g/mol. The van der Waals surface area contributed by atoms with E-state index in [-0.39, 0.29) is 17.3 Å². The van der Waals surface area contributed by atoms with Crippen molar-refractivity contribution in [3.05, 3.63) is 34.1 Å². The molecule has 1 aromatic rings. The molecule has 1 aliphatic rings. The van der Waals surface area contributed by atoms with E-state index in [0.717, 1.165) is 5.56 Å². The monoisotopic (exact) mass is 301 g/mol. The molecular weight excluding hydrogens is 289 g/mol. The van der Waals surface area contributed by atoms with E-state index < -0.39 is 6.09 Å². The first-order valence-corrected chi connectivity index (χ1v) is 6.08. The molecule has 0 aromatic heterocycles. The number of hydrogen-bond acceptors (Lipinski definition) is 2. The van der Waals surface area contributed by atoms with Crippen LogP contribution in [0.1, 0.15) is 25.5 Å². The molecule has 92 valence electrons. The molecule has 17 heavy (non-hydrogen) atoms. The fraction of sp³-hybridized carbons (Fsp3) is 0.417. The molecule has 0 aliphatic carbocycles. The fourth-order valence-electron chi connectivity index (χ4n) is 1.92. The molecule has 1 aromatic carbocycles. The minimum atomic E-state index is -0.439. The molecule has 1 heterocycles. The van der Waals surface area contributed by atoms with E-state index in [1.807, 2.05) is 13.8 Å². The predicted octanol–water partition coefficient (Wildman–Crippen LogP) is 3.40. The number of cyclic esters (lactones) is 1. The summed E-state index contributed by atoms with van der Waals surface area (Å²) < 4.78 is 18.7. The van der Waals surface area contributed by atoms with Gasteiger partial charge in [0.1, 0.15) is 12.4 Å². The summed E-state index contributed by atoms with van der Waals surface area (Å²) in [6.45, 7) is 4.33. The number of nitrogens with one attached hydrogen (secondary N) is 1. The Bertz CT molecular complexity index is 462. The van der Waals surface area contributed by atoms with Crippen LogP contribution in [0.3, 0.4) is 0 Å². The van der Waals surface area contributed by atoms with Crippen LogP contribution in [0.4, 0.5) is 9.18 Å². The van der Waals surface area contributed by atoms with Crippen molar-refractivity contribution in [1.82, 2.24) is 5.32 Å². The van der Waals surface area contributed by atoms with Crippen molar-refractivity contribution in [1.29, 1.82) is 0 Å².